The number of fused-ring (bicyclic) bond motifs is 1. The molecular weight excluding hydrogens is 892 g/mol. The number of carbonyl (C=O) groups excluding carboxylic acids is 4. The van der Waals surface area contributed by atoms with E-state index in [2.05, 4.69) is 26.9 Å². The molecule has 0 amide bonds. The number of anilines is 4. The average molecular weight is 953 g/mol. The van der Waals surface area contributed by atoms with E-state index < -0.39 is 48.0 Å². The maximum Gasteiger partial charge on any atom is 0.303 e. The van der Waals surface area contributed by atoms with Crippen LogP contribution in [0, 0.1) is 0 Å². The van der Waals surface area contributed by atoms with Gasteiger partial charge in [-0.3, -0.25) is 38.5 Å². The quantitative estimate of drug-likeness (QED) is 0.0207. The molecule has 67 heavy (non-hydrogen) atoms. The van der Waals surface area contributed by atoms with E-state index in [0.717, 1.165) is 19.3 Å². The summed E-state index contributed by atoms with van der Waals surface area (Å²) in [6.45, 7) is 1.12. The van der Waals surface area contributed by atoms with Gasteiger partial charge in [-0.05, 0) is 44.9 Å². The van der Waals surface area contributed by atoms with E-state index in [0.29, 0.717) is 44.1 Å². The fraction of sp³-hybridized carbons (Fsp3) is 0.641. The molecule has 0 aliphatic carbocycles. The first-order valence-electron chi connectivity index (χ1n) is 21.6. The number of nitrogens with zero attached hydrogens (tertiary/aromatic N) is 7. The number of carbonyl (C=O) groups is 8. The van der Waals surface area contributed by atoms with Gasteiger partial charge in [-0.1, -0.05) is 0 Å². The summed E-state index contributed by atoms with van der Waals surface area (Å²) in [5.74, 6) is -3.79. The van der Waals surface area contributed by atoms with Gasteiger partial charge in [0.05, 0.1) is 50.6 Å². The molecule has 0 aromatic carbocycles. The van der Waals surface area contributed by atoms with Crippen LogP contribution in [0.4, 0.5) is 23.5 Å². The van der Waals surface area contributed by atoms with Gasteiger partial charge in [0.1, 0.15) is 36.2 Å². The first-order valence-corrected chi connectivity index (χ1v) is 21.6. The average Bonchev–Trinajstić information content (AvgIpc) is 3.31. The van der Waals surface area contributed by atoms with Crippen LogP contribution in [0.15, 0.2) is 0 Å². The van der Waals surface area contributed by atoms with Crippen molar-refractivity contribution >= 4 is 83.6 Å². The summed E-state index contributed by atoms with van der Waals surface area (Å²) < 4.78 is 0. The molecule has 28 nitrogen and oxygen atoms in total. The number of piperidine rings is 1. The normalized spacial score (nSPS) is 14.4. The highest BCUT2D eigenvalue weighted by Crippen LogP contribution is 2.31. The lowest BCUT2D eigenvalue weighted by atomic mass is 10.1. The maximum atomic E-state index is 11.5. The van der Waals surface area contributed by atoms with Crippen LogP contribution in [0.3, 0.4) is 0 Å². The van der Waals surface area contributed by atoms with Gasteiger partial charge in [-0.25, -0.2) is 9.97 Å². The van der Waals surface area contributed by atoms with Crippen LogP contribution in [0.2, 0.25) is 0 Å². The van der Waals surface area contributed by atoms with Gasteiger partial charge in [0.25, 0.3) is 0 Å². The van der Waals surface area contributed by atoms with Crippen molar-refractivity contribution in [2.75, 3.05) is 86.1 Å². The Morgan fingerprint density at radius 2 is 0.866 bits per heavy atom. The summed E-state index contributed by atoms with van der Waals surface area (Å²) in [6.07, 6.45) is 3.54. The van der Waals surface area contributed by atoms with Crippen molar-refractivity contribution in [1.82, 2.24) is 41.9 Å². The minimum absolute atomic E-state index is 0.0220. The first-order chi connectivity index (χ1) is 32.3. The zero-order valence-corrected chi connectivity index (χ0v) is 36.9. The number of carboxylic acids is 4. The zero-order valence-electron chi connectivity index (χ0n) is 36.9. The molecule has 3 heterocycles. The van der Waals surface area contributed by atoms with Gasteiger partial charge in [0.2, 0.25) is 11.9 Å². The summed E-state index contributed by atoms with van der Waals surface area (Å²) in [5, 5.41) is 36.1. The maximum absolute atomic E-state index is 11.5. The van der Waals surface area contributed by atoms with Gasteiger partial charge < -0.3 is 60.0 Å². The summed E-state index contributed by atoms with van der Waals surface area (Å²) in [6, 6.07) is -3.63. The van der Waals surface area contributed by atoms with E-state index in [1.54, 1.807) is 9.80 Å². The summed E-state index contributed by atoms with van der Waals surface area (Å²) in [7, 11) is 0. The van der Waals surface area contributed by atoms with Crippen molar-refractivity contribution in [2.24, 2.45) is 0 Å². The lowest BCUT2D eigenvalue weighted by molar-refractivity contribution is -0.138. The lowest BCUT2D eigenvalue weighted by Crippen LogP contribution is -2.39. The molecule has 1 fully saturated rings. The van der Waals surface area contributed by atoms with E-state index in [4.69, 9.17) is 60.5 Å². The van der Waals surface area contributed by atoms with Crippen molar-refractivity contribution in [3.8, 4) is 0 Å². The van der Waals surface area contributed by atoms with Crippen molar-refractivity contribution in [3.05, 3.63) is 0 Å². The minimum Gasteiger partial charge on any atom is -0.481 e. The summed E-state index contributed by atoms with van der Waals surface area (Å²) >= 11 is 0. The minimum atomic E-state index is -1.09. The van der Waals surface area contributed by atoms with Gasteiger partial charge in [-0.2, -0.15) is 31.9 Å². The molecule has 0 spiro atoms. The third-order valence-corrected chi connectivity index (χ3v) is 9.88. The van der Waals surface area contributed by atoms with Crippen LogP contribution in [0.1, 0.15) is 70.6 Å². The number of nitrogens with two attached hydrogens (primary N) is 1. The van der Waals surface area contributed by atoms with Crippen LogP contribution < -0.4 is 42.4 Å². The molecule has 0 saturated carbocycles. The predicted octanol–water partition coefficient (Wildman–Crippen LogP) is -1.58. The van der Waals surface area contributed by atoms with Gasteiger partial charge in [-0.15, -0.1) is 0 Å². The van der Waals surface area contributed by atoms with Crippen molar-refractivity contribution in [2.45, 2.75) is 94.8 Å². The van der Waals surface area contributed by atoms with Crippen LogP contribution in [0.5, 0.6) is 0 Å². The molecule has 1 aliphatic rings. The summed E-state index contributed by atoms with van der Waals surface area (Å²) in [4.78, 5) is 137. The number of nitrogen functional groups attached to an aromatic ring is 1. The van der Waals surface area contributed by atoms with Gasteiger partial charge in [0, 0.05) is 65.0 Å². The molecule has 2 aromatic rings. The van der Waals surface area contributed by atoms with Gasteiger partial charge >= 0.3 is 23.9 Å². The number of hydrogen-bond acceptors (Lipinski definition) is 24. The molecule has 0 radical (unpaired) electrons. The topological polar surface area (TPSA) is 390 Å². The Hall–Kier alpha value is -6.14. The van der Waals surface area contributed by atoms with Gasteiger partial charge in [0.15, 0.2) is 11.6 Å². The Kier molecular flexibility index (Phi) is 25.5. The highest BCUT2D eigenvalue weighted by molar-refractivity contribution is 5.94. The molecule has 3 rings (SSSR count). The number of hydroxylamine groups is 4. The van der Waals surface area contributed by atoms with Crippen LogP contribution in [0.25, 0.3) is 11.0 Å². The van der Waals surface area contributed by atoms with E-state index in [1.165, 1.54) is 0 Å². The van der Waals surface area contributed by atoms with E-state index in [1.807, 2.05) is 4.90 Å². The second kappa shape index (κ2) is 30.9. The first kappa shape index (κ1) is 55.2. The molecule has 372 valence electrons. The highest BCUT2D eigenvalue weighted by Gasteiger charge is 2.25. The van der Waals surface area contributed by atoms with Crippen molar-refractivity contribution < 1.29 is 78.1 Å². The fourth-order valence-electron chi connectivity index (χ4n) is 6.25. The summed E-state index contributed by atoms with van der Waals surface area (Å²) in [5.41, 5.74) is 17.3. The number of aliphatic carboxylic acids is 4. The van der Waals surface area contributed by atoms with Crippen LogP contribution in [-0.4, -0.2) is 179 Å². The molecule has 0 unspecified atom stereocenters. The standard InChI is InChI=1S/C39H60N12O16/c40-36-34-35(42-38(43-36)50(14-18-64-45-26(22-52)4-8-30(56)57)15-19-65-46-27(23-53)5-9-31(58)59)37(49-12-2-1-3-13-49)44-39(41-34)51(16-20-66-47-28(24-54)6-10-32(60)61)17-21-67-48-29(25-55)7-11-33(62)63/h22-29,45-48H,1-21H2,(H,56,57)(H,58,59)(H,60,61)(H,62,63)(H2,40,42,43)/t26-,27-,28-,29-/m0/s1. The Bertz CT molecular complexity index is 1840. The van der Waals surface area contributed by atoms with Crippen molar-refractivity contribution in [3.63, 3.8) is 0 Å². The second-order valence-corrected chi connectivity index (χ2v) is 15.0. The largest absolute Gasteiger partial charge is 0.481 e. The Balaban J connectivity index is 1.98. The third kappa shape index (κ3) is 20.9. The molecular formula is C39H60N12O16. The Labute approximate surface area is 384 Å². The molecule has 0 bridgehead atoms. The zero-order chi connectivity index (χ0) is 49.0. The monoisotopic (exact) mass is 952 g/mol. The number of rotatable bonds is 39. The molecule has 1 aliphatic heterocycles. The predicted molar refractivity (Wildman–Crippen MR) is 233 cm³/mol. The van der Waals surface area contributed by atoms with E-state index in [-0.39, 0.29) is 133 Å². The fourth-order valence-corrected chi connectivity index (χ4v) is 6.25. The molecule has 4 atom stereocenters. The molecule has 2 aromatic heterocycles. The number of aldehydes is 4. The number of hydrogen-bond donors (Lipinski definition) is 9. The number of carboxylic acid groups (broad SMARTS) is 4. The Morgan fingerprint density at radius 3 is 1.19 bits per heavy atom. The van der Waals surface area contributed by atoms with Crippen LogP contribution >= 0.6 is 0 Å². The second-order valence-electron chi connectivity index (χ2n) is 15.0. The Morgan fingerprint density at radius 1 is 0.537 bits per heavy atom. The van der Waals surface area contributed by atoms with E-state index >= 15 is 0 Å². The van der Waals surface area contributed by atoms with E-state index in [9.17, 15) is 38.4 Å². The number of aromatic nitrogens is 4. The number of nitrogens with one attached hydrogen (secondary N) is 4. The van der Waals surface area contributed by atoms with Crippen LogP contribution in [-0.2, 0) is 57.7 Å². The third-order valence-electron chi connectivity index (χ3n) is 9.88. The molecule has 10 N–H and O–H groups in total. The lowest BCUT2D eigenvalue weighted by Gasteiger charge is -2.30. The SMILES string of the molecule is Nc1nc(N(CCON[C@H](C=O)CCC(=O)O)CCON[C@H](C=O)CCC(=O)O)nc2c(N3CCCCC3)nc(N(CCON[C@H](C=O)CCC(=O)O)CCON[C@H](C=O)CCC(=O)O)nc12. The highest BCUT2D eigenvalue weighted by atomic mass is 16.7. The van der Waals surface area contributed by atoms with Crippen molar-refractivity contribution in [1.29, 1.82) is 0 Å². The smallest absolute Gasteiger partial charge is 0.303 e. The molecule has 28 heteroatoms. The molecule has 1 saturated heterocycles.